The van der Waals surface area contributed by atoms with Gasteiger partial charge in [-0.25, -0.2) is 0 Å². The second-order valence-electron chi connectivity index (χ2n) is 2.70. The van der Waals surface area contributed by atoms with Crippen molar-refractivity contribution in [1.82, 2.24) is 0 Å². The summed E-state index contributed by atoms with van der Waals surface area (Å²) in [6.07, 6.45) is 5.83. The molecule has 0 saturated carbocycles. The summed E-state index contributed by atoms with van der Waals surface area (Å²) in [5, 5.41) is 0. The van der Waals surface area contributed by atoms with Crippen molar-refractivity contribution in [3.8, 4) is 12.3 Å². The van der Waals surface area contributed by atoms with Gasteiger partial charge in [0.15, 0.2) is 0 Å². The van der Waals surface area contributed by atoms with Crippen LogP contribution in [-0.2, 0) is 6.42 Å². The van der Waals surface area contributed by atoms with Gasteiger partial charge >= 0.3 is 0 Å². The van der Waals surface area contributed by atoms with Crippen LogP contribution in [-0.4, -0.2) is 0 Å². The van der Waals surface area contributed by atoms with Gasteiger partial charge in [-0.15, -0.1) is 25.0 Å². The molecule has 0 fully saturated rings. The fourth-order valence-electron chi connectivity index (χ4n) is 1.07. The van der Waals surface area contributed by atoms with Crippen LogP contribution in [0.2, 0.25) is 0 Å². The summed E-state index contributed by atoms with van der Waals surface area (Å²) in [5.41, 5.74) is 8.64. The van der Waals surface area contributed by atoms with Crippen LogP contribution in [0, 0.1) is 19.3 Å². The number of nitrogen functional groups attached to an aromatic ring is 1. The van der Waals surface area contributed by atoms with Gasteiger partial charge in [0.05, 0.1) is 0 Å². The van der Waals surface area contributed by atoms with Crippen molar-refractivity contribution in [2.45, 2.75) is 18.2 Å². The van der Waals surface area contributed by atoms with E-state index in [2.05, 4.69) is 18.5 Å². The van der Waals surface area contributed by atoms with Gasteiger partial charge in [0, 0.05) is 17.0 Å². The van der Waals surface area contributed by atoms with E-state index in [0.29, 0.717) is 6.42 Å². The molecular weight excluding hydrogens is 166 g/mol. The molecule has 0 aliphatic carbocycles. The minimum Gasteiger partial charge on any atom is -0.398 e. The van der Waals surface area contributed by atoms with Crippen LogP contribution >= 0.6 is 12.6 Å². The zero-order chi connectivity index (χ0) is 9.14. The van der Waals surface area contributed by atoms with Crippen molar-refractivity contribution in [3.63, 3.8) is 0 Å². The summed E-state index contributed by atoms with van der Waals surface area (Å²) in [5.74, 6) is 2.59. The predicted octanol–water partition coefficient (Wildman–Crippen LogP) is 2.04. The predicted molar refractivity (Wildman–Crippen MR) is 55.4 cm³/mol. The average molecular weight is 177 g/mol. The molecule has 12 heavy (non-hydrogen) atoms. The summed E-state index contributed by atoms with van der Waals surface area (Å²) in [6, 6.07) is 3.78. The van der Waals surface area contributed by atoms with E-state index in [-0.39, 0.29) is 0 Å². The molecule has 0 unspecified atom stereocenters. The molecule has 0 aliphatic heterocycles. The Morgan fingerprint density at radius 3 is 2.83 bits per heavy atom. The summed E-state index contributed by atoms with van der Waals surface area (Å²) in [6.45, 7) is 1.97. The van der Waals surface area contributed by atoms with Gasteiger partial charge in [0.2, 0.25) is 0 Å². The van der Waals surface area contributed by atoms with E-state index in [0.717, 1.165) is 21.7 Å². The normalized spacial score (nSPS) is 9.42. The SMILES string of the molecule is C#CCc1cc(S)cc(N)c1C. The van der Waals surface area contributed by atoms with Gasteiger partial charge in [-0.1, -0.05) is 0 Å². The molecule has 0 aliphatic rings. The van der Waals surface area contributed by atoms with E-state index in [1.807, 2.05) is 19.1 Å². The Hall–Kier alpha value is -1.07. The molecule has 2 N–H and O–H groups in total. The van der Waals surface area contributed by atoms with Crippen LogP contribution in [0.25, 0.3) is 0 Å². The first-order valence-electron chi connectivity index (χ1n) is 3.66. The van der Waals surface area contributed by atoms with Gasteiger partial charge in [-0.2, -0.15) is 0 Å². The van der Waals surface area contributed by atoms with E-state index in [1.54, 1.807) is 0 Å². The highest BCUT2D eigenvalue weighted by Crippen LogP contribution is 2.21. The third-order valence-electron chi connectivity index (χ3n) is 1.83. The zero-order valence-electron chi connectivity index (χ0n) is 6.96. The van der Waals surface area contributed by atoms with Crippen molar-refractivity contribution in [1.29, 1.82) is 0 Å². The summed E-state index contributed by atoms with van der Waals surface area (Å²) >= 11 is 4.22. The number of hydrogen-bond acceptors (Lipinski definition) is 2. The monoisotopic (exact) mass is 177 g/mol. The molecule has 0 heterocycles. The highest BCUT2D eigenvalue weighted by molar-refractivity contribution is 7.80. The molecule has 0 radical (unpaired) electrons. The third-order valence-corrected chi connectivity index (χ3v) is 2.09. The largest absolute Gasteiger partial charge is 0.398 e. The van der Waals surface area contributed by atoms with Gasteiger partial charge < -0.3 is 5.73 Å². The van der Waals surface area contributed by atoms with Gasteiger partial charge in [-0.3, -0.25) is 0 Å². The first-order chi connectivity index (χ1) is 5.65. The van der Waals surface area contributed by atoms with Crippen molar-refractivity contribution in [2.75, 3.05) is 5.73 Å². The lowest BCUT2D eigenvalue weighted by molar-refractivity contribution is 1.21. The molecule has 0 amide bonds. The smallest absolute Gasteiger partial charge is 0.0357 e. The molecule has 0 bridgehead atoms. The topological polar surface area (TPSA) is 26.0 Å². The van der Waals surface area contributed by atoms with Crippen molar-refractivity contribution < 1.29 is 0 Å². The third kappa shape index (κ3) is 1.75. The number of thiol groups is 1. The molecule has 1 aromatic carbocycles. The number of terminal acetylenes is 1. The summed E-state index contributed by atoms with van der Waals surface area (Å²) in [7, 11) is 0. The lowest BCUT2D eigenvalue weighted by atomic mass is 10.0. The number of hydrogen-bond donors (Lipinski definition) is 2. The fourth-order valence-corrected chi connectivity index (χ4v) is 1.37. The minimum atomic E-state index is 0.616. The van der Waals surface area contributed by atoms with E-state index in [9.17, 15) is 0 Å². The van der Waals surface area contributed by atoms with Gasteiger partial charge in [-0.05, 0) is 30.2 Å². The van der Waals surface area contributed by atoms with Crippen LogP contribution in [0.5, 0.6) is 0 Å². The first-order valence-corrected chi connectivity index (χ1v) is 4.11. The Bertz CT molecular complexity index is 336. The zero-order valence-corrected chi connectivity index (χ0v) is 7.86. The van der Waals surface area contributed by atoms with Crippen LogP contribution in [0.3, 0.4) is 0 Å². The standard InChI is InChI=1S/C10H11NS/c1-3-4-8-5-9(12)6-10(11)7(8)2/h1,5-6,12H,4,11H2,2H3. The molecular formula is C10H11NS. The van der Waals surface area contributed by atoms with Gasteiger partial charge in [0.1, 0.15) is 0 Å². The number of nitrogens with two attached hydrogens (primary N) is 1. The second kappa shape index (κ2) is 3.55. The second-order valence-corrected chi connectivity index (χ2v) is 3.22. The van der Waals surface area contributed by atoms with Crippen molar-refractivity contribution in [2.24, 2.45) is 0 Å². The molecule has 0 saturated heterocycles. The lowest BCUT2D eigenvalue weighted by Crippen LogP contribution is -1.95. The van der Waals surface area contributed by atoms with E-state index in [1.165, 1.54) is 0 Å². The first kappa shape index (κ1) is 9.02. The summed E-state index contributed by atoms with van der Waals surface area (Å²) in [4.78, 5) is 0.864. The van der Waals surface area contributed by atoms with E-state index in [4.69, 9.17) is 12.2 Å². The van der Waals surface area contributed by atoms with Crippen LogP contribution in [0.1, 0.15) is 11.1 Å². The maximum absolute atomic E-state index is 5.73. The van der Waals surface area contributed by atoms with E-state index >= 15 is 0 Å². The van der Waals surface area contributed by atoms with Crippen LogP contribution in [0.15, 0.2) is 17.0 Å². The quantitative estimate of drug-likeness (QED) is 0.383. The van der Waals surface area contributed by atoms with Crippen molar-refractivity contribution >= 4 is 18.3 Å². The maximum atomic E-state index is 5.73. The minimum absolute atomic E-state index is 0.616. The van der Waals surface area contributed by atoms with Crippen molar-refractivity contribution in [3.05, 3.63) is 23.3 Å². The molecule has 0 atom stereocenters. The maximum Gasteiger partial charge on any atom is 0.0357 e. The molecule has 0 aromatic heterocycles. The Morgan fingerprint density at radius 2 is 2.25 bits per heavy atom. The Labute approximate surface area is 78.4 Å². The van der Waals surface area contributed by atoms with Crippen LogP contribution in [0.4, 0.5) is 5.69 Å². The molecule has 1 nitrogen and oxygen atoms in total. The fraction of sp³-hybridized carbons (Fsp3) is 0.200. The Balaban J connectivity index is 3.20. The highest BCUT2D eigenvalue weighted by atomic mass is 32.1. The number of rotatable bonds is 1. The molecule has 0 spiro atoms. The Kier molecular flexibility index (Phi) is 2.67. The van der Waals surface area contributed by atoms with Crippen LogP contribution < -0.4 is 5.73 Å². The lowest BCUT2D eigenvalue weighted by Gasteiger charge is -2.06. The molecule has 1 aromatic rings. The molecule has 2 heteroatoms. The van der Waals surface area contributed by atoms with E-state index < -0.39 is 0 Å². The van der Waals surface area contributed by atoms with Gasteiger partial charge in [0.25, 0.3) is 0 Å². The molecule has 62 valence electrons. The summed E-state index contributed by atoms with van der Waals surface area (Å²) < 4.78 is 0. The highest BCUT2D eigenvalue weighted by Gasteiger charge is 2.01. The molecule has 1 rings (SSSR count). The number of anilines is 1. The number of benzene rings is 1. The average Bonchev–Trinajstić information content (AvgIpc) is 2.00. The Morgan fingerprint density at radius 1 is 1.58 bits per heavy atom.